The van der Waals surface area contributed by atoms with Crippen molar-refractivity contribution in [3.8, 4) is 11.4 Å². The minimum atomic E-state index is -0.609. The first-order valence-corrected chi connectivity index (χ1v) is 14.2. The van der Waals surface area contributed by atoms with Gasteiger partial charge in [0.2, 0.25) is 11.8 Å². The molecule has 212 valence electrons. The number of aliphatic hydroxyl groups is 1. The van der Waals surface area contributed by atoms with Gasteiger partial charge in [-0.05, 0) is 55.7 Å². The van der Waals surface area contributed by atoms with E-state index in [9.17, 15) is 9.59 Å². The number of carbonyl (C=O) groups excluding carboxylic acids is 2. The van der Waals surface area contributed by atoms with Crippen LogP contribution >= 0.6 is 0 Å². The van der Waals surface area contributed by atoms with Crippen molar-refractivity contribution in [1.82, 2.24) is 14.5 Å². The minimum Gasteiger partial charge on any atom is -0.394 e. The molecule has 11 heteroatoms. The smallest absolute Gasteiger partial charge is 0.247 e. The number of amides is 2. The number of anilines is 3. The first-order valence-electron chi connectivity index (χ1n) is 14.2. The van der Waals surface area contributed by atoms with Crippen LogP contribution in [0.15, 0.2) is 36.4 Å². The fourth-order valence-corrected chi connectivity index (χ4v) is 5.64. The number of rotatable bonds is 11. The van der Waals surface area contributed by atoms with Gasteiger partial charge in [0, 0.05) is 62.1 Å². The number of ether oxygens (including phenoxy) is 1. The zero-order chi connectivity index (χ0) is 27.6. The minimum absolute atomic E-state index is 0.0500. The Morgan fingerprint density at radius 1 is 1.12 bits per heavy atom. The first kappa shape index (κ1) is 26.5. The number of nitrogens with two attached hydrogens (primary N) is 1. The summed E-state index contributed by atoms with van der Waals surface area (Å²) in [5.41, 5.74) is 10.8. The highest BCUT2D eigenvalue weighted by molar-refractivity contribution is 6.02. The van der Waals surface area contributed by atoms with Gasteiger partial charge in [-0.15, -0.1) is 0 Å². The van der Waals surface area contributed by atoms with Gasteiger partial charge >= 0.3 is 0 Å². The Kier molecular flexibility index (Phi) is 7.59. The molecule has 3 heterocycles. The van der Waals surface area contributed by atoms with E-state index in [1.807, 2.05) is 22.8 Å². The Labute approximate surface area is 233 Å². The topological polar surface area (TPSA) is 138 Å². The maximum absolute atomic E-state index is 13.5. The maximum Gasteiger partial charge on any atom is 0.247 e. The molecule has 3 aliphatic rings. The van der Waals surface area contributed by atoms with Crippen LogP contribution in [0.1, 0.15) is 31.7 Å². The van der Waals surface area contributed by atoms with Crippen molar-refractivity contribution >= 4 is 39.9 Å². The van der Waals surface area contributed by atoms with E-state index in [-0.39, 0.29) is 18.9 Å². The molecule has 1 unspecified atom stereocenters. The number of aromatic nitrogens is 2. The third-order valence-electron chi connectivity index (χ3n) is 7.94. The zero-order valence-electron chi connectivity index (χ0n) is 22.6. The van der Waals surface area contributed by atoms with Gasteiger partial charge in [-0.1, -0.05) is 0 Å². The molecular formula is C29H37N7O4. The Morgan fingerprint density at radius 2 is 1.95 bits per heavy atom. The number of piperazine rings is 1. The number of fused-ring (bicyclic) bond motifs is 5. The highest BCUT2D eigenvalue weighted by Crippen LogP contribution is 2.40. The molecule has 1 saturated heterocycles. The number of imidazole rings is 1. The van der Waals surface area contributed by atoms with Crippen LogP contribution in [0.3, 0.4) is 0 Å². The van der Waals surface area contributed by atoms with E-state index >= 15 is 0 Å². The molecule has 11 nitrogen and oxygen atoms in total. The Hall–Kier alpha value is -3.67. The first-order chi connectivity index (χ1) is 19.5. The summed E-state index contributed by atoms with van der Waals surface area (Å²) >= 11 is 0. The lowest BCUT2D eigenvalue weighted by Gasteiger charge is -2.36. The quantitative estimate of drug-likeness (QED) is 0.268. The second-order valence-electron chi connectivity index (χ2n) is 10.8. The number of primary amides is 1. The van der Waals surface area contributed by atoms with Crippen molar-refractivity contribution in [3.05, 3.63) is 36.4 Å². The molecule has 2 aliphatic heterocycles. The molecule has 40 heavy (non-hydrogen) atoms. The van der Waals surface area contributed by atoms with Crippen LogP contribution in [0, 0.1) is 0 Å². The molecule has 2 fully saturated rings. The van der Waals surface area contributed by atoms with Gasteiger partial charge in [0.25, 0.3) is 0 Å². The van der Waals surface area contributed by atoms with Crippen LogP contribution in [0.4, 0.5) is 17.1 Å². The standard InChI is InChI=1S/C29H37N7O4/c30-27(38)8-7-26-29(39)33-23-5-3-20(31-19-1-2-19)17-22(23)28-32-24-18-21(4-6-25(24)36(26)28)35-11-9-34(10-12-35)13-15-40-16-14-37/h3-6,17-19,26,31,37H,1-2,7-16H2,(H2,30,38)(H,33,39). The van der Waals surface area contributed by atoms with Crippen molar-refractivity contribution in [2.24, 2.45) is 5.73 Å². The summed E-state index contributed by atoms with van der Waals surface area (Å²) in [6.07, 6.45) is 2.73. The van der Waals surface area contributed by atoms with E-state index in [4.69, 9.17) is 20.6 Å². The normalized spacial score (nSPS) is 19.2. The van der Waals surface area contributed by atoms with Gasteiger partial charge in [-0.2, -0.15) is 0 Å². The largest absolute Gasteiger partial charge is 0.394 e. The number of benzene rings is 2. The second kappa shape index (κ2) is 11.4. The molecule has 0 bridgehead atoms. The molecule has 0 spiro atoms. The Balaban J connectivity index is 1.31. The van der Waals surface area contributed by atoms with E-state index in [1.165, 1.54) is 0 Å². The van der Waals surface area contributed by atoms with Crippen LogP contribution in [-0.4, -0.2) is 90.0 Å². The van der Waals surface area contributed by atoms with E-state index in [1.54, 1.807) is 0 Å². The summed E-state index contributed by atoms with van der Waals surface area (Å²) in [7, 11) is 0. The van der Waals surface area contributed by atoms with Gasteiger partial charge < -0.3 is 35.7 Å². The van der Waals surface area contributed by atoms with Gasteiger partial charge in [0.1, 0.15) is 11.9 Å². The van der Waals surface area contributed by atoms with Crippen molar-refractivity contribution < 1.29 is 19.4 Å². The number of aliphatic hydroxyl groups excluding tert-OH is 1. The summed E-state index contributed by atoms with van der Waals surface area (Å²) in [6.45, 7) is 5.54. The third kappa shape index (κ3) is 5.63. The number of carbonyl (C=O) groups is 2. The highest BCUT2D eigenvalue weighted by Gasteiger charge is 2.32. The van der Waals surface area contributed by atoms with E-state index in [0.29, 0.717) is 37.2 Å². The summed E-state index contributed by atoms with van der Waals surface area (Å²) < 4.78 is 7.40. The maximum atomic E-state index is 13.5. The van der Waals surface area contributed by atoms with Gasteiger partial charge in [0.15, 0.2) is 0 Å². The second-order valence-corrected chi connectivity index (χ2v) is 10.8. The van der Waals surface area contributed by atoms with Gasteiger partial charge in [0.05, 0.1) is 36.5 Å². The number of hydrogen-bond acceptors (Lipinski definition) is 8. The average Bonchev–Trinajstić information content (AvgIpc) is 3.71. The van der Waals surface area contributed by atoms with Crippen molar-refractivity contribution in [1.29, 1.82) is 0 Å². The molecule has 2 aromatic carbocycles. The number of nitrogens with one attached hydrogen (secondary N) is 2. The van der Waals surface area contributed by atoms with Crippen molar-refractivity contribution in [2.75, 3.05) is 68.1 Å². The number of nitrogens with zero attached hydrogens (tertiary/aromatic N) is 4. The summed E-state index contributed by atoms with van der Waals surface area (Å²) in [6, 6.07) is 12.1. The lowest BCUT2D eigenvalue weighted by atomic mass is 10.1. The van der Waals surface area contributed by atoms with E-state index in [0.717, 1.165) is 73.5 Å². The molecule has 2 amide bonds. The van der Waals surface area contributed by atoms with Crippen LogP contribution in [0.2, 0.25) is 0 Å². The fraction of sp³-hybridized carbons (Fsp3) is 0.483. The predicted molar refractivity (Wildman–Crippen MR) is 154 cm³/mol. The van der Waals surface area contributed by atoms with Crippen molar-refractivity contribution in [3.63, 3.8) is 0 Å². The lowest BCUT2D eigenvalue weighted by Crippen LogP contribution is -2.47. The monoisotopic (exact) mass is 547 g/mol. The fourth-order valence-electron chi connectivity index (χ4n) is 5.64. The molecule has 1 aromatic heterocycles. The van der Waals surface area contributed by atoms with Crippen LogP contribution < -0.4 is 21.3 Å². The van der Waals surface area contributed by atoms with Crippen LogP contribution in [0.25, 0.3) is 22.4 Å². The molecule has 1 aliphatic carbocycles. The SMILES string of the molecule is NC(=O)CCC1C(=O)Nc2ccc(NC3CC3)cc2-c2nc3cc(N4CCN(CCOCCO)CC4)ccc3n21. The van der Waals surface area contributed by atoms with Gasteiger partial charge in [-0.25, -0.2) is 4.98 Å². The van der Waals surface area contributed by atoms with Gasteiger partial charge in [-0.3, -0.25) is 14.5 Å². The van der Waals surface area contributed by atoms with Crippen molar-refractivity contribution in [2.45, 2.75) is 37.8 Å². The molecule has 1 atom stereocenters. The summed E-state index contributed by atoms with van der Waals surface area (Å²) in [4.78, 5) is 35.0. The molecule has 6 rings (SSSR count). The average molecular weight is 548 g/mol. The molecule has 3 aromatic rings. The highest BCUT2D eigenvalue weighted by atomic mass is 16.5. The summed E-state index contributed by atoms with van der Waals surface area (Å²) in [5.74, 6) is 0.103. The Morgan fingerprint density at radius 3 is 2.70 bits per heavy atom. The Bertz CT molecular complexity index is 1390. The number of hydrogen-bond donors (Lipinski definition) is 4. The summed E-state index contributed by atoms with van der Waals surface area (Å²) in [5, 5.41) is 15.5. The molecule has 5 N–H and O–H groups in total. The predicted octanol–water partition coefficient (Wildman–Crippen LogP) is 2.17. The van der Waals surface area contributed by atoms with E-state index < -0.39 is 11.9 Å². The third-order valence-corrected chi connectivity index (χ3v) is 7.94. The van der Waals surface area contributed by atoms with E-state index in [2.05, 4.69) is 38.6 Å². The lowest BCUT2D eigenvalue weighted by molar-refractivity contribution is -0.120. The van der Waals surface area contributed by atoms with Crippen LogP contribution in [-0.2, 0) is 14.3 Å². The molecule has 1 saturated carbocycles. The molecular weight excluding hydrogens is 510 g/mol. The molecule has 0 radical (unpaired) electrons. The van der Waals surface area contributed by atoms with Crippen LogP contribution in [0.5, 0.6) is 0 Å². The zero-order valence-corrected chi connectivity index (χ0v) is 22.6.